The summed E-state index contributed by atoms with van der Waals surface area (Å²) in [5.74, 6) is -1.39. The second-order valence-corrected chi connectivity index (χ2v) is 3.94. The van der Waals surface area contributed by atoms with Crippen LogP contribution in [0.5, 0.6) is 0 Å². The average molecular weight is 231 g/mol. The molecule has 2 unspecified atom stereocenters. The number of amides is 1. The smallest absolute Gasteiger partial charge is 0.326 e. The van der Waals surface area contributed by atoms with Crippen molar-refractivity contribution in [2.24, 2.45) is 0 Å². The first kappa shape index (κ1) is 14.9. The van der Waals surface area contributed by atoms with E-state index in [2.05, 4.69) is 5.32 Å². The van der Waals surface area contributed by atoms with Gasteiger partial charge in [0.05, 0.1) is 0 Å². The first-order valence-electron chi connectivity index (χ1n) is 5.50. The fourth-order valence-electron chi connectivity index (χ4n) is 1.25. The minimum atomic E-state index is -1.01. The Bertz CT molecular complexity index is 248. The van der Waals surface area contributed by atoms with Gasteiger partial charge in [-0.3, -0.25) is 4.79 Å². The summed E-state index contributed by atoms with van der Waals surface area (Å²) in [5.41, 5.74) is -0.957. The molecule has 0 aromatic carbocycles. The zero-order valence-corrected chi connectivity index (χ0v) is 10.4. The van der Waals surface area contributed by atoms with Gasteiger partial charge in [-0.25, -0.2) is 4.79 Å². The number of carbonyl (C=O) groups excluding carboxylic acids is 1. The van der Waals surface area contributed by atoms with Crippen molar-refractivity contribution in [3.63, 3.8) is 0 Å². The highest BCUT2D eigenvalue weighted by Crippen LogP contribution is 2.14. The van der Waals surface area contributed by atoms with Gasteiger partial charge in [0, 0.05) is 7.11 Å². The van der Waals surface area contributed by atoms with Gasteiger partial charge in [0.15, 0.2) is 0 Å². The second kappa shape index (κ2) is 6.48. The normalized spacial score (nSPS) is 16.2. The van der Waals surface area contributed by atoms with Gasteiger partial charge in [0.1, 0.15) is 11.6 Å². The molecule has 94 valence electrons. The van der Waals surface area contributed by atoms with E-state index >= 15 is 0 Å². The molecule has 0 aromatic rings. The van der Waals surface area contributed by atoms with E-state index in [1.165, 1.54) is 7.11 Å². The minimum absolute atomic E-state index is 0.377. The molecule has 0 rings (SSSR count). The van der Waals surface area contributed by atoms with Gasteiger partial charge in [0.25, 0.3) is 5.91 Å². The lowest BCUT2D eigenvalue weighted by Gasteiger charge is -2.27. The monoisotopic (exact) mass is 231 g/mol. The van der Waals surface area contributed by atoms with E-state index in [4.69, 9.17) is 9.84 Å². The Kier molecular flexibility index (Phi) is 6.03. The first-order chi connectivity index (χ1) is 7.41. The van der Waals surface area contributed by atoms with E-state index in [1.807, 2.05) is 13.8 Å². The molecule has 0 spiro atoms. The molecular formula is C11H21NO4. The molecule has 0 saturated carbocycles. The van der Waals surface area contributed by atoms with Gasteiger partial charge >= 0.3 is 5.97 Å². The van der Waals surface area contributed by atoms with Crippen molar-refractivity contribution in [3.8, 4) is 0 Å². The van der Waals surface area contributed by atoms with Gasteiger partial charge in [0.2, 0.25) is 0 Å². The molecule has 2 N–H and O–H groups in total. The van der Waals surface area contributed by atoms with E-state index in [9.17, 15) is 9.59 Å². The molecule has 5 heteroatoms. The van der Waals surface area contributed by atoms with Crippen molar-refractivity contribution in [2.75, 3.05) is 7.11 Å². The number of carbonyl (C=O) groups is 2. The molecule has 0 fully saturated rings. The summed E-state index contributed by atoms with van der Waals surface area (Å²) in [4.78, 5) is 22.7. The maximum atomic E-state index is 11.8. The zero-order chi connectivity index (χ0) is 12.8. The summed E-state index contributed by atoms with van der Waals surface area (Å²) in [7, 11) is 1.44. The third-order valence-electron chi connectivity index (χ3n) is 2.79. The van der Waals surface area contributed by atoms with Crippen LogP contribution in [0.1, 0.15) is 40.0 Å². The Balaban J connectivity index is 4.56. The van der Waals surface area contributed by atoms with E-state index < -0.39 is 17.6 Å². The number of rotatable bonds is 7. The largest absolute Gasteiger partial charge is 0.480 e. The van der Waals surface area contributed by atoms with Crippen LogP contribution in [0.4, 0.5) is 0 Å². The highest BCUT2D eigenvalue weighted by molar-refractivity contribution is 5.88. The van der Waals surface area contributed by atoms with E-state index in [0.29, 0.717) is 19.3 Å². The van der Waals surface area contributed by atoms with Gasteiger partial charge in [-0.2, -0.15) is 0 Å². The highest BCUT2D eigenvalue weighted by Gasteiger charge is 2.33. The number of methoxy groups -OCH3 is 1. The summed E-state index contributed by atoms with van der Waals surface area (Å²) in [6.45, 7) is 5.34. The van der Waals surface area contributed by atoms with Crippen LogP contribution in [-0.4, -0.2) is 35.7 Å². The molecule has 2 atom stereocenters. The lowest BCUT2D eigenvalue weighted by molar-refractivity contribution is -0.148. The number of carboxylic acid groups (broad SMARTS) is 1. The van der Waals surface area contributed by atoms with Crippen LogP contribution in [0.15, 0.2) is 0 Å². The number of ether oxygens (including phenoxy) is 1. The molecule has 0 aliphatic heterocycles. The number of carboxylic acids is 1. The van der Waals surface area contributed by atoms with Gasteiger partial charge in [-0.05, 0) is 19.8 Å². The predicted molar refractivity (Wildman–Crippen MR) is 60.2 cm³/mol. The average Bonchev–Trinajstić information content (AvgIpc) is 2.26. The van der Waals surface area contributed by atoms with E-state index in [0.717, 1.165) is 0 Å². The number of aliphatic carboxylic acids is 1. The van der Waals surface area contributed by atoms with Crippen LogP contribution in [0.25, 0.3) is 0 Å². The third-order valence-corrected chi connectivity index (χ3v) is 2.79. The van der Waals surface area contributed by atoms with Crippen LogP contribution in [-0.2, 0) is 14.3 Å². The molecule has 0 aliphatic rings. The Hall–Kier alpha value is -1.10. The molecule has 0 radical (unpaired) electrons. The van der Waals surface area contributed by atoms with Crippen LogP contribution < -0.4 is 5.32 Å². The Morgan fingerprint density at radius 3 is 2.31 bits per heavy atom. The third kappa shape index (κ3) is 3.81. The summed E-state index contributed by atoms with van der Waals surface area (Å²) in [6.07, 6.45) is 1.62. The molecule has 0 saturated heterocycles. The molecule has 16 heavy (non-hydrogen) atoms. The van der Waals surface area contributed by atoms with E-state index in [-0.39, 0.29) is 5.91 Å². The van der Waals surface area contributed by atoms with Crippen LogP contribution >= 0.6 is 0 Å². The first-order valence-corrected chi connectivity index (χ1v) is 5.50. The second-order valence-electron chi connectivity index (χ2n) is 3.94. The molecular weight excluding hydrogens is 210 g/mol. The van der Waals surface area contributed by atoms with Gasteiger partial charge in [-0.15, -0.1) is 0 Å². The summed E-state index contributed by atoms with van der Waals surface area (Å²) in [5, 5.41) is 11.4. The van der Waals surface area contributed by atoms with Crippen molar-refractivity contribution in [1.82, 2.24) is 5.32 Å². The quantitative estimate of drug-likeness (QED) is 0.689. The van der Waals surface area contributed by atoms with Crippen molar-refractivity contribution in [1.29, 1.82) is 0 Å². The molecule has 0 aliphatic carbocycles. The van der Waals surface area contributed by atoms with Crippen LogP contribution in [0, 0.1) is 0 Å². The number of hydrogen-bond acceptors (Lipinski definition) is 3. The Morgan fingerprint density at radius 2 is 2.00 bits per heavy atom. The molecule has 5 nitrogen and oxygen atoms in total. The highest BCUT2D eigenvalue weighted by atomic mass is 16.5. The number of nitrogens with one attached hydrogen (secondary N) is 1. The van der Waals surface area contributed by atoms with Crippen molar-refractivity contribution < 1.29 is 19.4 Å². The zero-order valence-electron chi connectivity index (χ0n) is 10.4. The predicted octanol–water partition coefficient (Wildman–Crippen LogP) is 1.17. The maximum Gasteiger partial charge on any atom is 0.326 e. The van der Waals surface area contributed by atoms with Crippen molar-refractivity contribution in [3.05, 3.63) is 0 Å². The molecule has 1 amide bonds. The summed E-state index contributed by atoms with van der Waals surface area (Å²) in [6, 6.07) is -0.835. The Morgan fingerprint density at radius 1 is 1.44 bits per heavy atom. The SMILES string of the molecule is CCCC(NC(=O)C(C)(CC)OC)C(=O)O. The topological polar surface area (TPSA) is 75.6 Å². The fourth-order valence-corrected chi connectivity index (χ4v) is 1.25. The standard InChI is InChI=1S/C11H21NO4/c1-5-7-8(9(13)14)12-10(15)11(3,6-2)16-4/h8H,5-7H2,1-4H3,(H,12,15)(H,13,14). The fraction of sp³-hybridized carbons (Fsp3) is 0.818. The number of hydrogen-bond donors (Lipinski definition) is 2. The lowest BCUT2D eigenvalue weighted by Crippen LogP contribution is -2.51. The summed E-state index contributed by atoms with van der Waals surface area (Å²) >= 11 is 0. The molecule has 0 aromatic heterocycles. The van der Waals surface area contributed by atoms with Crippen molar-refractivity contribution >= 4 is 11.9 Å². The van der Waals surface area contributed by atoms with Crippen LogP contribution in [0.2, 0.25) is 0 Å². The summed E-state index contributed by atoms with van der Waals surface area (Å²) < 4.78 is 5.10. The molecule has 0 bridgehead atoms. The van der Waals surface area contributed by atoms with Gasteiger partial charge in [-0.1, -0.05) is 20.3 Å². The van der Waals surface area contributed by atoms with Crippen molar-refractivity contribution in [2.45, 2.75) is 51.7 Å². The molecule has 0 heterocycles. The Labute approximate surface area is 96.2 Å². The van der Waals surface area contributed by atoms with E-state index in [1.54, 1.807) is 6.92 Å². The minimum Gasteiger partial charge on any atom is -0.480 e. The van der Waals surface area contributed by atoms with Crippen LogP contribution in [0.3, 0.4) is 0 Å². The maximum absolute atomic E-state index is 11.8. The lowest BCUT2D eigenvalue weighted by atomic mass is 10.0. The van der Waals surface area contributed by atoms with Gasteiger partial charge < -0.3 is 15.2 Å².